The van der Waals surface area contributed by atoms with Crippen LogP contribution in [0.1, 0.15) is 0 Å². The number of aromatic amines is 3. The van der Waals surface area contributed by atoms with Gasteiger partial charge in [-0.3, -0.25) is 4.98 Å². The summed E-state index contributed by atoms with van der Waals surface area (Å²) in [5.41, 5.74) is 6.22. The third kappa shape index (κ3) is 1.77. The van der Waals surface area contributed by atoms with E-state index in [1.807, 2.05) is 36.5 Å². The summed E-state index contributed by atoms with van der Waals surface area (Å²) in [6.07, 6.45) is 1.86. The van der Waals surface area contributed by atoms with Crippen molar-refractivity contribution in [2.24, 2.45) is 0 Å². The number of nitrogens with one attached hydrogen (secondary N) is 3. The Morgan fingerprint density at radius 3 is 2.48 bits per heavy atom. The van der Waals surface area contributed by atoms with Crippen LogP contribution < -0.4 is 0 Å². The van der Waals surface area contributed by atoms with Crippen LogP contribution in [0.15, 0.2) is 54.7 Å². The summed E-state index contributed by atoms with van der Waals surface area (Å²) in [5.74, 6) is 0. The minimum Gasteiger partial charge on any atom is -0.353 e. The highest BCUT2D eigenvalue weighted by molar-refractivity contribution is 7.71. The predicted octanol–water partition coefficient (Wildman–Crippen LogP) is 4.92. The average molecular weight is 316 g/mol. The van der Waals surface area contributed by atoms with E-state index in [2.05, 4.69) is 38.1 Å². The summed E-state index contributed by atoms with van der Waals surface area (Å²) in [5, 5.41) is 2.29. The third-order valence-electron chi connectivity index (χ3n) is 4.22. The topological polar surface area (TPSA) is 60.3 Å². The van der Waals surface area contributed by atoms with Gasteiger partial charge in [0, 0.05) is 28.0 Å². The molecular formula is C18H12N4S. The lowest BCUT2D eigenvalue weighted by atomic mass is 10.1. The van der Waals surface area contributed by atoms with Crippen molar-refractivity contribution in [2.45, 2.75) is 0 Å². The van der Waals surface area contributed by atoms with Gasteiger partial charge >= 0.3 is 0 Å². The van der Waals surface area contributed by atoms with E-state index in [4.69, 9.17) is 12.2 Å². The molecule has 0 aliphatic carbocycles. The molecule has 0 saturated heterocycles. The van der Waals surface area contributed by atoms with Gasteiger partial charge in [-0.25, -0.2) is 0 Å². The molecule has 3 N–H and O–H groups in total. The van der Waals surface area contributed by atoms with Crippen LogP contribution in [0.25, 0.3) is 44.1 Å². The Balaban J connectivity index is 1.98. The van der Waals surface area contributed by atoms with E-state index in [-0.39, 0.29) is 0 Å². The number of hydrogen-bond donors (Lipinski definition) is 3. The van der Waals surface area contributed by atoms with Crippen molar-refractivity contribution in [1.82, 2.24) is 19.9 Å². The number of fused-ring (bicyclic) bond motifs is 5. The summed E-state index contributed by atoms with van der Waals surface area (Å²) in [6.45, 7) is 0. The van der Waals surface area contributed by atoms with Gasteiger partial charge in [0.15, 0.2) is 4.77 Å². The Bertz CT molecular complexity index is 1230. The molecule has 5 aromatic rings. The quantitative estimate of drug-likeness (QED) is 0.384. The molecule has 0 bridgehead atoms. The van der Waals surface area contributed by atoms with Gasteiger partial charge < -0.3 is 15.0 Å². The molecule has 5 heteroatoms. The van der Waals surface area contributed by atoms with Gasteiger partial charge in [0.1, 0.15) is 0 Å². The van der Waals surface area contributed by atoms with Crippen LogP contribution in [0.2, 0.25) is 0 Å². The number of hydrogen-bond acceptors (Lipinski definition) is 2. The van der Waals surface area contributed by atoms with Crippen LogP contribution in [-0.2, 0) is 0 Å². The van der Waals surface area contributed by atoms with Crippen LogP contribution in [0, 0.1) is 4.77 Å². The van der Waals surface area contributed by atoms with Crippen molar-refractivity contribution in [2.75, 3.05) is 0 Å². The van der Waals surface area contributed by atoms with Crippen molar-refractivity contribution >= 4 is 45.1 Å². The van der Waals surface area contributed by atoms with Crippen molar-refractivity contribution in [1.29, 1.82) is 0 Å². The van der Waals surface area contributed by atoms with Crippen LogP contribution in [-0.4, -0.2) is 19.9 Å². The molecular weight excluding hydrogens is 304 g/mol. The maximum Gasteiger partial charge on any atom is 0.175 e. The molecule has 0 saturated carbocycles. The summed E-state index contributed by atoms with van der Waals surface area (Å²) in [4.78, 5) is 14.5. The molecule has 3 heterocycles. The molecule has 0 aliphatic rings. The molecule has 0 spiro atoms. The van der Waals surface area contributed by atoms with Crippen molar-refractivity contribution in [3.63, 3.8) is 0 Å². The summed E-state index contributed by atoms with van der Waals surface area (Å²) in [7, 11) is 0. The van der Waals surface area contributed by atoms with E-state index in [1.54, 1.807) is 0 Å². The number of pyridine rings is 1. The second-order valence-corrected chi connectivity index (χ2v) is 5.97. The number of imidazole rings is 1. The maximum absolute atomic E-state index is 5.24. The molecule has 110 valence electrons. The lowest BCUT2D eigenvalue weighted by Crippen LogP contribution is -1.84. The third-order valence-corrected chi connectivity index (χ3v) is 4.42. The fourth-order valence-electron chi connectivity index (χ4n) is 3.23. The summed E-state index contributed by atoms with van der Waals surface area (Å²) < 4.78 is 0.638. The number of H-pyrrole nitrogens is 3. The second-order valence-electron chi connectivity index (χ2n) is 5.56. The van der Waals surface area contributed by atoms with Crippen LogP contribution in [0.4, 0.5) is 0 Å². The smallest absolute Gasteiger partial charge is 0.175 e. The first-order chi connectivity index (χ1) is 11.3. The van der Waals surface area contributed by atoms with Crippen molar-refractivity contribution in [3.8, 4) is 11.3 Å². The van der Waals surface area contributed by atoms with E-state index in [9.17, 15) is 0 Å². The Labute approximate surface area is 136 Å². The molecule has 0 unspecified atom stereocenters. The zero-order valence-electron chi connectivity index (χ0n) is 12.1. The first kappa shape index (κ1) is 12.6. The molecule has 0 aliphatic heterocycles. The highest BCUT2D eigenvalue weighted by atomic mass is 32.1. The summed E-state index contributed by atoms with van der Waals surface area (Å²) in [6, 6.07) is 16.4. The zero-order valence-corrected chi connectivity index (χ0v) is 12.9. The first-order valence-corrected chi connectivity index (χ1v) is 7.79. The SMILES string of the molecule is S=c1[nH]c2ccc3[nH]c4c(-c5ccccc5)nccc4c3c2[nH]1. The van der Waals surface area contributed by atoms with Crippen molar-refractivity contribution in [3.05, 3.63) is 59.5 Å². The number of nitrogens with zero attached hydrogens (tertiary/aromatic N) is 1. The molecule has 4 nitrogen and oxygen atoms in total. The lowest BCUT2D eigenvalue weighted by molar-refractivity contribution is 1.30. The number of benzene rings is 2. The lowest BCUT2D eigenvalue weighted by Gasteiger charge is -2.02. The predicted molar refractivity (Wildman–Crippen MR) is 96.1 cm³/mol. The molecule has 3 aromatic heterocycles. The minimum absolute atomic E-state index is 0.638. The van der Waals surface area contributed by atoms with Crippen LogP contribution in [0.5, 0.6) is 0 Å². The molecule has 0 amide bonds. The monoisotopic (exact) mass is 316 g/mol. The number of aromatic nitrogens is 4. The normalized spacial score (nSPS) is 11.7. The van der Waals surface area contributed by atoms with Gasteiger partial charge in [0.2, 0.25) is 0 Å². The van der Waals surface area contributed by atoms with Gasteiger partial charge in [-0.15, -0.1) is 0 Å². The van der Waals surface area contributed by atoms with Crippen molar-refractivity contribution < 1.29 is 0 Å². The Kier molecular flexibility index (Phi) is 2.49. The minimum atomic E-state index is 0.638. The molecule has 0 radical (unpaired) electrons. The zero-order chi connectivity index (χ0) is 15.4. The van der Waals surface area contributed by atoms with Gasteiger partial charge in [-0.2, -0.15) is 0 Å². The number of rotatable bonds is 1. The molecule has 2 aromatic carbocycles. The van der Waals surface area contributed by atoms with Gasteiger partial charge in [0.25, 0.3) is 0 Å². The molecule has 0 atom stereocenters. The fourth-order valence-corrected chi connectivity index (χ4v) is 3.45. The van der Waals surface area contributed by atoms with E-state index < -0.39 is 0 Å². The second kappa shape index (κ2) is 4.54. The van der Waals surface area contributed by atoms with Gasteiger partial charge in [0.05, 0.1) is 22.2 Å². The maximum atomic E-state index is 5.24. The van der Waals surface area contributed by atoms with E-state index in [1.165, 1.54) is 0 Å². The molecule has 23 heavy (non-hydrogen) atoms. The highest BCUT2D eigenvalue weighted by Crippen LogP contribution is 2.34. The summed E-state index contributed by atoms with van der Waals surface area (Å²) >= 11 is 5.24. The molecule has 0 fully saturated rings. The largest absolute Gasteiger partial charge is 0.353 e. The Morgan fingerprint density at radius 2 is 1.61 bits per heavy atom. The van der Waals surface area contributed by atoms with E-state index in [0.29, 0.717) is 4.77 Å². The molecule has 5 rings (SSSR count). The standard InChI is InChI=1S/C18H12N4S/c23-18-21-13-7-6-12-14(17(13)22-18)11-8-9-19-15(16(11)20-12)10-4-2-1-3-5-10/h1-9,20H,(H2,21,22,23). The highest BCUT2D eigenvalue weighted by Gasteiger charge is 2.13. The average Bonchev–Trinajstić information content (AvgIpc) is 3.14. The van der Waals surface area contributed by atoms with E-state index >= 15 is 0 Å². The van der Waals surface area contributed by atoms with Crippen LogP contribution >= 0.6 is 12.2 Å². The van der Waals surface area contributed by atoms with Gasteiger partial charge in [-0.1, -0.05) is 30.3 Å². The first-order valence-electron chi connectivity index (χ1n) is 7.38. The Hall–Kier alpha value is -2.92. The van der Waals surface area contributed by atoms with E-state index in [0.717, 1.165) is 44.1 Å². The Morgan fingerprint density at radius 1 is 0.783 bits per heavy atom. The van der Waals surface area contributed by atoms with Gasteiger partial charge in [-0.05, 0) is 30.4 Å². The van der Waals surface area contributed by atoms with Crippen LogP contribution in [0.3, 0.4) is 0 Å². The fraction of sp³-hybridized carbons (Fsp3) is 0.